The Morgan fingerprint density at radius 1 is 1.22 bits per heavy atom. The normalized spacial score (nSPS) is 16.4. The van der Waals surface area contributed by atoms with E-state index in [1.165, 1.54) is 12.3 Å². The molecule has 0 aliphatic carbocycles. The average molecular weight is 277 g/mol. The van der Waals surface area contributed by atoms with Crippen LogP contribution in [0.4, 0.5) is 13.2 Å². The van der Waals surface area contributed by atoms with E-state index in [0.717, 1.165) is 12.5 Å². The summed E-state index contributed by atoms with van der Waals surface area (Å²) in [6.07, 6.45) is -3.11. The Morgan fingerprint density at radius 3 is 2.17 bits per heavy atom. The fourth-order valence-corrected chi connectivity index (χ4v) is 3.11. The molecule has 0 aromatic carbocycles. The third-order valence-electron chi connectivity index (χ3n) is 2.46. The van der Waals surface area contributed by atoms with E-state index in [4.69, 9.17) is 4.43 Å². The Hall–Kier alpha value is -0.883. The molecule has 0 N–H and O–H groups in total. The van der Waals surface area contributed by atoms with Crippen LogP contribution in [0.5, 0.6) is 0 Å². The minimum atomic E-state index is -4.49. The molecular formula is C12H18F3NOSi. The first-order valence-electron chi connectivity index (χ1n) is 5.66. The van der Waals surface area contributed by atoms with Crippen LogP contribution in [0.2, 0.25) is 19.6 Å². The van der Waals surface area contributed by atoms with Crippen molar-refractivity contribution in [3.63, 3.8) is 0 Å². The molecule has 18 heavy (non-hydrogen) atoms. The van der Waals surface area contributed by atoms with Crippen molar-refractivity contribution in [1.29, 1.82) is 0 Å². The van der Waals surface area contributed by atoms with Gasteiger partial charge in [0.15, 0.2) is 13.9 Å². The van der Waals surface area contributed by atoms with Gasteiger partial charge in [-0.1, -0.05) is 0 Å². The van der Waals surface area contributed by atoms with Crippen LogP contribution in [-0.2, 0) is 10.0 Å². The van der Waals surface area contributed by atoms with Gasteiger partial charge in [-0.2, -0.15) is 13.2 Å². The van der Waals surface area contributed by atoms with E-state index < -0.39 is 20.1 Å². The van der Waals surface area contributed by atoms with Gasteiger partial charge in [0.05, 0.1) is 5.69 Å². The molecule has 1 heterocycles. The van der Waals surface area contributed by atoms with Crippen LogP contribution in [0.3, 0.4) is 0 Å². The molecule has 0 aliphatic heterocycles. The molecule has 1 rings (SSSR count). The second-order valence-electron chi connectivity index (χ2n) is 5.46. The molecule has 0 saturated heterocycles. The van der Waals surface area contributed by atoms with Gasteiger partial charge < -0.3 is 4.43 Å². The van der Waals surface area contributed by atoms with Crippen molar-refractivity contribution in [2.45, 2.75) is 45.3 Å². The molecule has 6 heteroatoms. The second kappa shape index (κ2) is 4.66. The molecule has 102 valence electrons. The van der Waals surface area contributed by atoms with Crippen LogP contribution in [0.25, 0.3) is 0 Å². The van der Waals surface area contributed by atoms with Crippen molar-refractivity contribution < 1.29 is 17.6 Å². The number of hydrogen-bond donors (Lipinski definition) is 0. The standard InChI is InChI=1S/C12H18F3NOSi/c1-9-6-7-16-10(8-9)11(2,12(13,14)15)17-18(3,4)5/h6-8H,1-5H3. The van der Waals surface area contributed by atoms with Crippen LogP contribution in [0, 0.1) is 6.92 Å². The molecule has 0 bridgehead atoms. The van der Waals surface area contributed by atoms with E-state index >= 15 is 0 Å². The maximum atomic E-state index is 13.3. The van der Waals surface area contributed by atoms with Gasteiger partial charge in [0.2, 0.25) is 0 Å². The molecule has 1 unspecified atom stereocenters. The van der Waals surface area contributed by atoms with E-state index in [0.29, 0.717) is 0 Å². The number of pyridine rings is 1. The summed E-state index contributed by atoms with van der Waals surface area (Å²) in [5.41, 5.74) is -1.70. The molecule has 0 fully saturated rings. The number of aryl methyl sites for hydroxylation is 1. The van der Waals surface area contributed by atoms with E-state index in [1.807, 2.05) is 0 Å². The van der Waals surface area contributed by atoms with E-state index in [9.17, 15) is 13.2 Å². The van der Waals surface area contributed by atoms with Crippen molar-refractivity contribution in [3.05, 3.63) is 29.6 Å². The molecule has 0 spiro atoms. The number of alkyl halides is 3. The van der Waals surface area contributed by atoms with E-state index in [2.05, 4.69) is 4.98 Å². The van der Waals surface area contributed by atoms with Gasteiger partial charge in [-0.25, -0.2) is 0 Å². The maximum Gasteiger partial charge on any atom is 0.421 e. The molecule has 0 aliphatic rings. The van der Waals surface area contributed by atoms with Gasteiger partial charge >= 0.3 is 6.18 Å². The zero-order chi connectivity index (χ0) is 14.2. The highest BCUT2D eigenvalue weighted by molar-refractivity contribution is 6.69. The third-order valence-corrected chi connectivity index (χ3v) is 3.48. The van der Waals surface area contributed by atoms with Gasteiger partial charge in [0, 0.05) is 6.20 Å². The Balaban J connectivity index is 3.30. The molecule has 1 aromatic rings. The van der Waals surface area contributed by atoms with Crippen molar-refractivity contribution in [2.75, 3.05) is 0 Å². The third kappa shape index (κ3) is 3.32. The highest BCUT2D eigenvalue weighted by Gasteiger charge is 2.56. The number of hydrogen-bond acceptors (Lipinski definition) is 2. The number of nitrogens with zero attached hydrogens (tertiary/aromatic N) is 1. The predicted molar refractivity (Wildman–Crippen MR) is 66.8 cm³/mol. The molecule has 0 saturated carbocycles. The average Bonchev–Trinajstić information content (AvgIpc) is 2.13. The lowest BCUT2D eigenvalue weighted by Crippen LogP contribution is -2.49. The zero-order valence-corrected chi connectivity index (χ0v) is 12.2. The summed E-state index contributed by atoms with van der Waals surface area (Å²) in [5.74, 6) is 0. The Labute approximate surface area is 106 Å². The van der Waals surface area contributed by atoms with Crippen molar-refractivity contribution in [3.8, 4) is 0 Å². The number of halogens is 3. The Kier molecular flexibility index (Phi) is 3.93. The second-order valence-corrected chi connectivity index (χ2v) is 9.89. The van der Waals surface area contributed by atoms with Gasteiger partial charge in [0.25, 0.3) is 0 Å². The van der Waals surface area contributed by atoms with Gasteiger partial charge in [-0.05, 0) is 51.2 Å². The first-order valence-corrected chi connectivity index (χ1v) is 9.06. The lowest BCUT2D eigenvalue weighted by Gasteiger charge is -2.37. The molecule has 1 aromatic heterocycles. The van der Waals surface area contributed by atoms with Crippen LogP contribution in [0.1, 0.15) is 18.2 Å². The van der Waals surface area contributed by atoms with Crippen molar-refractivity contribution in [1.82, 2.24) is 4.98 Å². The van der Waals surface area contributed by atoms with Crippen LogP contribution < -0.4 is 0 Å². The number of aromatic nitrogens is 1. The quantitative estimate of drug-likeness (QED) is 0.779. The molecular weight excluding hydrogens is 259 g/mol. The van der Waals surface area contributed by atoms with E-state index in [-0.39, 0.29) is 5.69 Å². The maximum absolute atomic E-state index is 13.3. The summed E-state index contributed by atoms with van der Waals surface area (Å²) >= 11 is 0. The summed E-state index contributed by atoms with van der Waals surface area (Å²) in [6, 6.07) is 3.09. The smallest absolute Gasteiger partial charge is 0.399 e. The van der Waals surface area contributed by atoms with Crippen molar-refractivity contribution >= 4 is 8.32 Å². The highest BCUT2D eigenvalue weighted by atomic mass is 28.4. The minimum absolute atomic E-state index is 0.0857. The summed E-state index contributed by atoms with van der Waals surface area (Å²) in [7, 11) is -2.36. The fraction of sp³-hybridized carbons (Fsp3) is 0.583. The zero-order valence-electron chi connectivity index (χ0n) is 11.2. The predicted octanol–water partition coefficient (Wildman–Crippen LogP) is 4.02. The lowest BCUT2D eigenvalue weighted by molar-refractivity contribution is -0.252. The van der Waals surface area contributed by atoms with E-state index in [1.54, 1.807) is 32.6 Å². The largest absolute Gasteiger partial charge is 0.421 e. The first-order chi connectivity index (χ1) is 7.96. The summed E-state index contributed by atoms with van der Waals surface area (Å²) in [5, 5.41) is 0. The first kappa shape index (κ1) is 15.2. The van der Waals surface area contributed by atoms with Crippen molar-refractivity contribution in [2.24, 2.45) is 0 Å². The molecule has 0 radical (unpaired) electrons. The summed E-state index contributed by atoms with van der Waals surface area (Å²) in [4.78, 5) is 3.84. The molecule has 0 amide bonds. The lowest BCUT2D eigenvalue weighted by atomic mass is 10.00. The van der Waals surface area contributed by atoms with Gasteiger partial charge in [0.1, 0.15) is 0 Å². The van der Waals surface area contributed by atoms with Crippen LogP contribution >= 0.6 is 0 Å². The van der Waals surface area contributed by atoms with Gasteiger partial charge in [-0.15, -0.1) is 0 Å². The monoisotopic (exact) mass is 277 g/mol. The topological polar surface area (TPSA) is 22.1 Å². The SMILES string of the molecule is Cc1ccnc(C(C)(O[Si](C)(C)C)C(F)(F)F)c1. The summed E-state index contributed by atoms with van der Waals surface area (Å²) in [6.45, 7) is 7.97. The number of rotatable bonds is 3. The molecule has 1 atom stereocenters. The van der Waals surface area contributed by atoms with Crippen LogP contribution in [-0.4, -0.2) is 19.5 Å². The Morgan fingerprint density at radius 2 is 1.78 bits per heavy atom. The highest BCUT2D eigenvalue weighted by Crippen LogP contribution is 2.43. The van der Waals surface area contributed by atoms with Crippen LogP contribution in [0.15, 0.2) is 18.3 Å². The van der Waals surface area contributed by atoms with Gasteiger partial charge in [-0.3, -0.25) is 4.98 Å². The molecule has 2 nitrogen and oxygen atoms in total. The summed E-state index contributed by atoms with van der Waals surface area (Å²) < 4.78 is 45.3. The minimum Gasteiger partial charge on any atom is -0.399 e. The Bertz CT molecular complexity index is 428. The fourth-order valence-electron chi connectivity index (χ4n) is 1.66.